The molecule has 0 aromatic carbocycles. The van der Waals surface area contributed by atoms with Crippen LogP contribution in [-0.4, -0.2) is 49.8 Å². The summed E-state index contributed by atoms with van der Waals surface area (Å²) < 4.78 is 5.68. The average molecular weight is 265 g/mol. The van der Waals surface area contributed by atoms with Gasteiger partial charge in [0, 0.05) is 19.7 Å². The van der Waals surface area contributed by atoms with Crippen LogP contribution >= 0.6 is 0 Å². The van der Waals surface area contributed by atoms with Gasteiger partial charge in [0.1, 0.15) is 5.54 Å². The van der Waals surface area contributed by atoms with Crippen molar-refractivity contribution in [2.24, 2.45) is 5.92 Å². The lowest BCUT2D eigenvalue weighted by Gasteiger charge is -2.30. The molecule has 0 radical (unpaired) electrons. The third-order valence-electron chi connectivity index (χ3n) is 4.80. The minimum atomic E-state index is -0.270. The number of nitrogens with zero attached hydrogens (tertiary/aromatic N) is 2. The molecule has 1 heterocycles. The predicted molar refractivity (Wildman–Crippen MR) is 75.8 cm³/mol. The van der Waals surface area contributed by atoms with Crippen LogP contribution in [0, 0.1) is 17.2 Å². The van der Waals surface area contributed by atoms with Crippen LogP contribution in [0.2, 0.25) is 0 Å². The number of hydrogen-bond donors (Lipinski definition) is 1. The average Bonchev–Trinajstić information content (AvgIpc) is 2.72. The normalized spacial score (nSPS) is 36.9. The Labute approximate surface area is 117 Å². The zero-order valence-corrected chi connectivity index (χ0v) is 12.3. The minimum Gasteiger partial charge on any atom is -0.377 e. The smallest absolute Gasteiger partial charge is 0.109 e. The van der Waals surface area contributed by atoms with E-state index in [0.717, 1.165) is 45.5 Å². The third-order valence-corrected chi connectivity index (χ3v) is 4.80. The van der Waals surface area contributed by atoms with Crippen LogP contribution in [0.25, 0.3) is 0 Å². The van der Waals surface area contributed by atoms with E-state index in [1.165, 1.54) is 12.8 Å². The van der Waals surface area contributed by atoms with Crippen molar-refractivity contribution in [2.75, 3.05) is 33.3 Å². The molecule has 3 unspecified atom stereocenters. The molecule has 19 heavy (non-hydrogen) atoms. The van der Waals surface area contributed by atoms with Gasteiger partial charge in [-0.1, -0.05) is 6.42 Å². The first-order chi connectivity index (χ1) is 9.20. The SMILES string of the molecule is CNC1(C#N)CCCC1CCN1CCCOC(C)C1. The van der Waals surface area contributed by atoms with E-state index in [0.29, 0.717) is 12.0 Å². The van der Waals surface area contributed by atoms with Crippen molar-refractivity contribution in [1.82, 2.24) is 10.2 Å². The molecule has 4 heteroatoms. The number of ether oxygens (including phenoxy) is 1. The highest BCUT2D eigenvalue weighted by atomic mass is 16.5. The monoisotopic (exact) mass is 265 g/mol. The molecule has 1 N–H and O–H groups in total. The second-order valence-corrected chi connectivity index (χ2v) is 6.05. The predicted octanol–water partition coefficient (Wildman–Crippen LogP) is 1.77. The number of nitriles is 1. The molecule has 108 valence electrons. The van der Waals surface area contributed by atoms with E-state index in [1.807, 2.05) is 7.05 Å². The largest absolute Gasteiger partial charge is 0.377 e. The van der Waals surface area contributed by atoms with E-state index >= 15 is 0 Å². The van der Waals surface area contributed by atoms with Gasteiger partial charge in [0.2, 0.25) is 0 Å². The first-order valence-corrected chi connectivity index (χ1v) is 7.64. The summed E-state index contributed by atoms with van der Waals surface area (Å²) in [5.41, 5.74) is -0.270. The van der Waals surface area contributed by atoms with Gasteiger partial charge < -0.3 is 15.0 Å². The van der Waals surface area contributed by atoms with Crippen molar-refractivity contribution >= 4 is 0 Å². The summed E-state index contributed by atoms with van der Waals surface area (Å²) in [4.78, 5) is 2.51. The molecule has 1 saturated heterocycles. The lowest BCUT2D eigenvalue weighted by Crippen LogP contribution is -2.46. The summed E-state index contributed by atoms with van der Waals surface area (Å²) >= 11 is 0. The van der Waals surface area contributed by atoms with Crippen LogP contribution in [0.15, 0.2) is 0 Å². The van der Waals surface area contributed by atoms with Crippen LogP contribution in [0.1, 0.15) is 39.0 Å². The standard InChI is InChI=1S/C15H27N3O/c1-13-11-18(8-4-10-19-13)9-6-14-5-3-7-15(14,12-16)17-2/h13-14,17H,3-11H2,1-2H3. The Kier molecular flexibility index (Phi) is 5.20. The fraction of sp³-hybridized carbons (Fsp3) is 0.933. The van der Waals surface area contributed by atoms with E-state index in [4.69, 9.17) is 4.74 Å². The molecule has 0 bridgehead atoms. The molecule has 1 aliphatic heterocycles. The van der Waals surface area contributed by atoms with Gasteiger partial charge in [-0.25, -0.2) is 0 Å². The zero-order valence-electron chi connectivity index (χ0n) is 12.3. The molecule has 0 aromatic heterocycles. The Balaban J connectivity index is 1.86. The van der Waals surface area contributed by atoms with Crippen LogP contribution < -0.4 is 5.32 Å². The van der Waals surface area contributed by atoms with E-state index in [-0.39, 0.29) is 5.54 Å². The Hall–Kier alpha value is -0.630. The highest BCUT2D eigenvalue weighted by Crippen LogP contribution is 2.37. The highest BCUT2D eigenvalue weighted by molar-refractivity contribution is 5.13. The van der Waals surface area contributed by atoms with Crippen molar-refractivity contribution in [2.45, 2.75) is 50.7 Å². The van der Waals surface area contributed by atoms with Crippen LogP contribution in [0.4, 0.5) is 0 Å². The molecule has 0 spiro atoms. The van der Waals surface area contributed by atoms with Gasteiger partial charge in [0.15, 0.2) is 0 Å². The summed E-state index contributed by atoms with van der Waals surface area (Å²) in [6, 6.07) is 2.53. The Bertz CT molecular complexity index is 328. The van der Waals surface area contributed by atoms with Gasteiger partial charge in [-0.2, -0.15) is 5.26 Å². The quantitative estimate of drug-likeness (QED) is 0.841. The molecule has 2 rings (SSSR count). The first kappa shape index (κ1) is 14.8. The van der Waals surface area contributed by atoms with Crippen molar-refractivity contribution in [3.05, 3.63) is 0 Å². The summed E-state index contributed by atoms with van der Waals surface area (Å²) in [5, 5.41) is 12.7. The maximum atomic E-state index is 9.46. The van der Waals surface area contributed by atoms with Crippen molar-refractivity contribution < 1.29 is 4.74 Å². The molecule has 4 nitrogen and oxygen atoms in total. The first-order valence-electron chi connectivity index (χ1n) is 7.64. The van der Waals surface area contributed by atoms with Crippen LogP contribution in [0.3, 0.4) is 0 Å². The fourth-order valence-corrected chi connectivity index (χ4v) is 3.62. The molecular formula is C15H27N3O. The number of nitrogens with one attached hydrogen (secondary N) is 1. The molecule has 2 fully saturated rings. The van der Waals surface area contributed by atoms with E-state index in [9.17, 15) is 5.26 Å². The van der Waals surface area contributed by atoms with E-state index < -0.39 is 0 Å². The Morgan fingerprint density at radius 1 is 1.47 bits per heavy atom. The Morgan fingerprint density at radius 2 is 2.32 bits per heavy atom. The van der Waals surface area contributed by atoms with Gasteiger partial charge in [-0.15, -0.1) is 0 Å². The molecular weight excluding hydrogens is 238 g/mol. The van der Waals surface area contributed by atoms with Crippen molar-refractivity contribution in [3.63, 3.8) is 0 Å². The van der Waals surface area contributed by atoms with Gasteiger partial charge in [0.05, 0.1) is 12.2 Å². The van der Waals surface area contributed by atoms with Crippen molar-refractivity contribution in [3.8, 4) is 6.07 Å². The summed E-state index contributed by atoms with van der Waals surface area (Å²) in [5.74, 6) is 0.502. The summed E-state index contributed by atoms with van der Waals surface area (Å²) in [6.45, 7) is 6.31. The fourth-order valence-electron chi connectivity index (χ4n) is 3.62. The van der Waals surface area contributed by atoms with E-state index in [1.54, 1.807) is 0 Å². The second-order valence-electron chi connectivity index (χ2n) is 6.05. The summed E-state index contributed by atoms with van der Waals surface area (Å²) in [7, 11) is 1.93. The van der Waals surface area contributed by atoms with Crippen LogP contribution in [-0.2, 0) is 4.74 Å². The Morgan fingerprint density at radius 3 is 3.05 bits per heavy atom. The molecule has 1 saturated carbocycles. The molecule has 0 amide bonds. The highest BCUT2D eigenvalue weighted by Gasteiger charge is 2.41. The van der Waals surface area contributed by atoms with Gasteiger partial charge in [-0.3, -0.25) is 0 Å². The van der Waals surface area contributed by atoms with Gasteiger partial charge in [0.25, 0.3) is 0 Å². The van der Waals surface area contributed by atoms with Crippen molar-refractivity contribution in [1.29, 1.82) is 5.26 Å². The van der Waals surface area contributed by atoms with Crippen LogP contribution in [0.5, 0.6) is 0 Å². The zero-order chi connectivity index (χ0) is 13.7. The minimum absolute atomic E-state index is 0.270. The summed E-state index contributed by atoms with van der Waals surface area (Å²) in [6.07, 6.45) is 5.97. The van der Waals surface area contributed by atoms with Gasteiger partial charge in [-0.05, 0) is 52.1 Å². The number of hydrogen-bond acceptors (Lipinski definition) is 4. The molecule has 0 aromatic rings. The maximum absolute atomic E-state index is 9.46. The maximum Gasteiger partial charge on any atom is 0.109 e. The van der Waals surface area contributed by atoms with E-state index in [2.05, 4.69) is 23.2 Å². The topological polar surface area (TPSA) is 48.3 Å². The number of rotatable bonds is 4. The molecule has 1 aliphatic carbocycles. The van der Waals surface area contributed by atoms with Gasteiger partial charge >= 0.3 is 0 Å². The third kappa shape index (κ3) is 3.47. The second kappa shape index (κ2) is 6.69. The lowest BCUT2D eigenvalue weighted by atomic mass is 9.86. The molecule has 2 aliphatic rings. The lowest BCUT2D eigenvalue weighted by molar-refractivity contribution is 0.0666. The molecule has 3 atom stereocenters.